The molecule has 6 aromatic rings. The van der Waals surface area contributed by atoms with Crippen LogP contribution in [0, 0.1) is 35.3 Å². The quantitative estimate of drug-likeness (QED) is 0.0239. The van der Waals surface area contributed by atoms with Crippen LogP contribution in [0.5, 0.6) is 0 Å². The van der Waals surface area contributed by atoms with Gasteiger partial charge in [0.25, 0.3) is 6.47 Å². The normalized spacial score (nSPS) is 27.5. The van der Waals surface area contributed by atoms with Crippen LogP contribution in [0.15, 0.2) is 84.9 Å². The molecule has 10 rings (SSSR count). The molecule has 2 aromatic heterocycles. The first kappa shape index (κ1) is 43.3. The van der Waals surface area contributed by atoms with Crippen molar-refractivity contribution in [1.29, 1.82) is 0 Å². The number of aromatic nitrogens is 4. The van der Waals surface area contributed by atoms with E-state index in [1.807, 2.05) is 0 Å². The molecule has 0 spiro atoms. The summed E-state index contributed by atoms with van der Waals surface area (Å²) >= 11 is 5.04. The molecule has 79 heavy (non-hydrogen) atoms. The van der Waals surface area contributed by atoms with Crippen molar-refractivity contribution in [1.82, 2.24) is 29.7 Å². The van der Waals surface area contributed by atoms with Crippen LogP contribution in [-0.4, -0.2) is 104 Å². The first-order valence-electron chi connectivity index (χ1n) is 35.3. The molecule has 18 heteroatoms. The molecule has 418 valence electrons. The zero-order valence-corrected chi connectivity index (χ0v) is 52.6. The second-order valence-electron chi connectivity index (χ2n) is 20.0. The number of fused-ring (bicyclic) bond motifs is 4. The third-order valence-electron chi connectivity index (χ3n) is 13.3. The fourth-order valence-electron chi connectivity index (χ4n) is 9.28. The number of para-hydroxylation sites is 4. The minimum absolute atomic E-state index is 0. The molecule has 4 aliphatic carbocycles. The molecule has 0 saturated heterocycles. The number of aromatic amines is 2. The molecular weight excluding hydrogens is 1080 g/mol. The summed E-state index contributed by atoms with van der Waals surface area (Å²) in [5.41, 5.74) is -2.88. The summed E-state index contributed by atoms with van der Waals surface area (Å²) in [4.78, 5) is 50.0. The van der Waals surface area contributed by atoms with E-state index < -0.39 is 160 Å². The third-order valence-corrected chi connectivity index (χ3v) is 13.6. The smallest absolute Gasteiger partial charge is 1.00 e. The number of carbonyl (C=O) groups excluding carboxylic acids is 3. The number of aryl methyl sites for hydroxylation is 4. The van der Waals surface area contributed by atoms with Crippen LogP contribution in [0.3, 0.4) is 0 Å². The van der Waals surface area contributed by atoms with E-state index in [4.69, 9.17) is 51.1 Å². The van der Waals surface area contributed by atoms with Crippen LogP contribution in [0.2, 0.25) is 0 Å². The maximum Gasteiger partial charge on any atom is 1.00 e. The van der Waals surface area contributed by atoms with Crippen molar-refractivity contribution in [3.05, 3.63) is 130 Å². The molecule has 4 aliphatic rings. The summed E-state index contributed by atoms with van der Waals surface area (Å²) in [5.74, 6) is -6.17. The number of hydrogen-bond acceptors (Lipinski definition) is 11. The molecule has 4 aromatic carbocycles. The molecule has 2 heterocycles. The minimum atomic E-state index is -3.23. The first-order chi connectivity index (χ1) is 44.5. The van der Waals surface area contributed by atoms with E-state index in [9.17, 15) is 26.2 Å². The Bertz CT molecular complexity index is 3790. The number of benzene rings is 4. The number of rotatable bonds is 20. The van der Waals surface area contributed by atoms with Gasteiger partial charge in [0.05, 0.1) is 33.6 Å². The van der Waals surface area contributed by atoms with Crippen LogP contribution in [0.4, 0.5) is 8.78 Å². The molecule has 0 aliphatic heterocycles. The van der Waals surface area contributed by atoms with E-state index in [0.717, 1.165) is 46.9 Å². The van der Waals surface area contributed by atoms with Gasteiger partial charge >= 0.3 is 109 Å². The Hall–Kier alpha value is -2.31. The Morgan fingerprint density at radius 2 is 1.24 bits per heavy atom. The van der Waals surface area contributed by atoms with Crippen LogP contribution in [0.1, 0.15) is 166 Å². The number of H-pyrrole nitrogens is 2. The van der Waals surface area contributed by atoms with Crippen molar-refractivity contribution in [2.24, 2.45) is 23.7 Å². The van der Waals surface area contributed by atoms with E-state index in [2.05, 4.69) is 24.8 Å². The number of nitrogens with one attached hydrogen (secondary N) is 2. The second-order valence-corrected chi connectivity index (χ2v) is 20.3. The number of ether oxygens (including phenoxy) is 1. The van der Waals surface area contributed by atoms with Gasteiger partial charge in [0, 0.05) is 77.4 Å². The SMILES string of the molecule is O=C(Cl)C1CC1.O=CO[O-].[2H]C([2H])(c1nc2ccccc2[nH]1)C([2H])([2H])C([2H])([2H])N(C)CC[C@]1(O)[C@@H](C(C)C)c2ccc(F)cc2C([2H])([2H])C1([2H])[2H].[2H]C([2H])(c1nc2ccccc2[nH]1)C([2H])([2H])C([2H])([2H])N(C)CC[C@]1(OC(=O)C2CC2)[C@@H](C(C)C)c2ccc(F)cc2C([2H])([2H])C1([2H])[2H].[H-].[K+].[K+]. The van der Waals surface area contributed by atoms with E-state index in [0.29, 0.717) is 34.9 Å². The van der Waals surface area contributed by atoms with Crippen LogP contribution >= 0.6 is 11.6 Å². The van der Waals surface area contributed by atoms with Gasteiger partial charge in [-0.05, 0) is 192 Å². The number of imidazole rings is 2. The maximum atomic E-state index is 14.4. The molecule has 0 unspecified atom stereocenters. The van der Waals surface area contributed by atoms with E-state index in [-0.39, 0.29) is 144 Å². The Kier molecular flexibility index (Phi) is 17.6. The van der Waals surface area contributed by atoms with Crippen molar-refractivity contribution in [3.63, 3.8) is 0 Å². The van der Waals surface area contributed by atoms with Gasteiger partial charge in [-0.15, -0.1) is 0 Å². The molecule has 2 fully saturated rings. The molecule has 0 amide bonds. The number of carbonyl (C=O) groups is 3. The van der Waals surface area contributed by atoms with Gasteiger partial charge in [0.2, 0.25) is 5.24 Å². The van der Waals surface area contributed by atoms with Gasteiger partial charge in [0.15, 0.2) is 0 Å². The fourth-order valence-corrected chi connectivity index (χ4v) is 9.50. The van der Waals surface area contributed by atoms with Gasteiger partial charge in [-0.2, -0.15) is 0 Å². The predicted molar refractivity (Wildman–Crippen MR) is 296 cm³/mol. The molecule has 4 atom stereocenters. The number of esters is 1. The maximum absolute atomic E-state index is 14.4. The summed E-state index contributed by atoms with van der Waals surface area (Å²) in [5, 5.41) is 20.2. The molecule has 0 radical (unpaired) electrons. The minimum Gasteiger partial charge on any atom is -1.00 e. The summed E-state index contributed by atoms with van der Waals surface area (Å²) in [7, 11) is 2.40. The van der Waals surface area contributed by atoms with Crippen LogP contribution in [-0.2, 0) is 49.5 Å². The number of nitrogens with zero attached hydrogens (tertiary/aromatic N) is 4. The summed E-state index contributed by atoms with van der Waals surface area (Å²) < 4.78 is 210. The standard InChI is InChI=1S/C30H38FN3O2.C26H34FN3O.C4H5ClO.CH2O3.2K.H/c1-20(2)28-24-13-12-23(31)19-22(24)14-15-30(28,36-29(35)21-10-11-21)16-18-34(3)17-6-9-27-32-25-7-4-5-8-26(25)33-27;1-18(2)25-21-11-10-20(27)17-19(21)12-13-26(25,31)14-16-30(3)15-6-9-24-28-22-7-4-5-8-23(22)29-24;5-4(6)3-1-2-3;2-1-4-3;;;/h4-5,7-8,12-13,19-21,28H,6,9-11,14-18H2,1-3H3,(H,32,33);4-5,7-8,10-11,17-18,25,31H,6,9,12-16H2,1-3H3,(H,28,29);3H,1-2H2;1,3H;;;/q;;;;2*+1;-1/p-1/t28-,30-;25-,26-;;;;;/m00...../s1/i6D2,9D2,14D2,15D2,17D2;6D2,9D2,12D2,13D2,15D2;;;;;. The largest absolute Gasteiger partial charge is 1.00 e. The monoisotopic (exact) mass is 1180 g/mol. The Morgan fingerprint density at radius 1 is 0.785 bits per heavy atom. The number of aliphatic hydroxyl groups is 1. The van der Waals surface area contributed by atoms with Crippen molar-refractivity contribution in [3.8, 4) is 0 Å². The third kappa shape index (κ3) is 19.4. The zero-order valence-electron chi connectivity index (χ0n) is 66.6. The molecule has 2 saturated carbocycles. The molecule has 13 nitrogen and oxygen atoms in total. The Balaban J connectivity index is 0.000000364. The van der Waals surface area contributed by atoms with E-state index in [1.54, 1.807) is 76.2 Å². The van der Waals surface area contributed by atoms with Crippen LogP contribution < -0.4 is 108 Å². The van der Waals surface area contributed by atoms with Gasteiger partial charge in [-0.3, -0.25) is 14.4 Å². The number of halogens is 3. The Morgan fingerprint density at radius 3 is 1.67 bits per heavy atom. The molecular formula is C61H79ClF2K2N6O7. The Labute approximate surface area is 584 Å². The van der Waals surface area contributed by atoms with Crippen LogP contribution in [0.25, 0.3) is 22.1 Å². The summed E-state index contributed by atoms with van der Waals surface area (Å²) in [6.07, 6.45) is -21.8. The average Bonchev–Trinajstić information content (AvgIpc) is 0.746. The van der Waals surface area contributed by atoms with Crippen molar-refractivity contribution in [2.75, 3.05) is 40.2 Å². The summed E-state index contributed by atoms with van der Waals surface area (Å²) in [6.45, 7) is -0.223. The topological polar surface area (TPSA) is 177 Å². The van der Waals surface area contributed by atoms with Crippen molar-refractivity contribution >= 4 is 51.4 Å². The van der Waals surface area contributed by atoms with Gasteiger partial charge in [0.1, 0.15) is 28.9 Å². The second kappa shape index (κ2) is 32.1. The predicted octanol–water partition coefficient (Wildman–Crippen LogP) is 4.83. The average molecular weight is 1180 g/mol. The summed E-state index contributed by atoms with van der Waals surface area (Å²) in [6, 6.07) is 20.1. The van der Waals surface area contributed by atoms with Gasteiger partial charge in [-0.1, -0.05) is 64.1 Å². The fraction of sp³-hybridized carbons (Fsp3) is 0.525. The van der Waals surface area contributed by atoms with Gasteiger partial charge in [-0.25, -0.2) is 18.7 Å². The van der Waals surface area contributed by atoms with Crippen molar-refractivity contribution < 1.29 is 175 Å². The zero-order chi connectivity index (χ0) is 73.2. The first-order valence-corrected chi connectivity index (χ1v) is 25.7. The van der Waals surface area contributed by atoms with E-state index in [1.165, 1.54) is 26.2 Å². The molecule has 3 N–H and O–H groups in total. The van der Waals surface area contributed by atoms with E-state index >= 15 is 0 Å². The molecule has 0 bridgehead atoms. The number of hydrogen-bond donors (Lipinski definition) is 3. The van der Waals surface area contributed by atoms with Crippen molar-refractivity contribution in [2.45, 2.75) is 140 Å². The van der Waals surface area contributed by atoms with Gasteiger partial charge < -0.3 is 41.2 Å².